The van der Waals surface area contributed by atoms with E-state index in [-0.39, 0.29) is 18.9 Å². The summed E-state index contributed by atoms with van der Waals surface area (Å²) in [6, 6.07) is -0.940. The smallest absolute Gasteiger partial charge is 0.220 e. The number of carbonyl (C=O) groups is 1. The third-order valence-electron chi connectivity index (χ3n) is 18.0. The number of ether oxygens (including phenoxy) is 4. The summed E-state index contributed by atoms with van der Waals surface area (Å²) in [4.78, 5) is 13.3. The molecular formula is C78H139NO13. The number of hydrogen-bond donors (Lipinski definition) is 9. The molecule has 1 amide bonds. The summed E-state index contributed by atoms with van der Waals surface area (Å²) in [6.45, 7) is 2.69. The monoisotopic (exact) mass is 1300 g/mol. The molecule has 2 saturated heterocycles. The van der Waals surface area contributed by atoms with Crippen molar-refractivity contribution in [1.82, 2.24) is 5.32 Å². The van der Waals surface area contributed by atoms with Crippen molar-refractivity contribution < 1.29 is 64.6 Å². The summed E-state index contributed by atoms with van der Waals surface area (Å²) in [6.07, 6.45) is 69.6. The molecule has 9 N–H and O–H groups in total. The number of allylic oxidation sites excluding steroid dienone is 13. The normalized spacial score (nSPS) is 23.2. The molecule has 0 aliphatic carbocycles. The summed E-state index contributed by atoms with van der Waals surface area (Å²) in [5, 5.41) is 87.4. The summed E-state index contributed by atoms with van der Waals surface area (Å²) < 4.78 is 22.8. The van der Waals surface area contributed by atoms with E-state index in [1.54, 1.807) is 6.08 Å². The largest absolute Gasteiger partial charge is 0.394 e. The molecule has 12 unspecified atom stereocenters. The predicted octanol–water partition coefficient (Wildman–Crippen LogP) is 16.4. The molecule has 2 fully saturated rings. The quantitative estimate of drug-likeness (QED) is 0.0204. The van der Waals surface area contributed by atoms with Crippen LogP contribution in [0.4, 0.5) is 0 Å². The SMILES string of the molecule is CC/C=C\C/C=C\C/C=C\C/C=C\CCCCCCCCCCCCCCCCCCCCCCCCCCCCC(=O)NC(COC1OC(CO)C(OC2OC(CO)C(O)C(O)C2O)C(O)C1O)C(O)/C=C/CC/C=C/CC/C=C/CCCCCCCCCCC. The Labute approximate surface area is 561 Å². The summed E-state index contributed by atoms with van der Waals surface area (Å²) in [5.74, 6) is -0.250. The van der Waals surface area contributed by atoms with Crippen LogP contribution in [-0.2, 0) is 23.7 Å². The third-order valence-corrected chi connectivity index (χ3v) is 18.0. The Bertz CT molecular complexity index is 1870. The highest BCUT2D eigenvalue weighted by atomic mass is 16.7. The van der Waals surface area contributed by atoms with Gasteiger partial charge in [0.2, 0.25) is 5.91 Å². The third kappa shape index (κ3) is 44.8. The van der Waals surface area contributed by atoms with Crippen LogP contribution in [0.15, 0.2) is 85.1 Å². The number of carbonyl (C=O) groups excluding carboxylic acids is 1. The number of aliphatic hydroxyl groups excluding tert-OH is 8. The number of hydrogen-bond acceptors (Lipinski definition) is 13. The summed E-state index contributed by atoms with van der Waals surface area (Å²) in [5.41, 5.74) is 0. The van der Waals surface area contributed by atoms with Crippen molar-refractivity contribution in [3.05, 3.63) is 85.1 Å². The van der Waals surface area contributed by atoms with E-state index < -0.39 is 86.8 Å². The highest BCUT2D eigenvalue weighted by Gasteiger charge is 2.51. The van der Waals surface area contributed by atoms with Crippen molar-refractivity contribution in [2.24, 2.45) is 0 Å². The zero-order chi connectivity index (χ0) is 66.6. The fraction of sp³-hybridized carbons (Fsp3) is 0.808. The maximum atomic E-state index is 13.3. The topological polar surface area (TPSA) is 228 Å². The first-order chi connectivity index (χ1) is 45.1. The van der Waals surface area contributed by atoms with Crippen LogP contribution < -0.4 is 5.32 Å². The Morgan fingerprint density at radius 2 is 0.761 bits per heavy atom. The van der Waals surface area contributed by atoms with Crippen LogP contribution in [0.1, 0.15) is 309 Å². The molecule has 0 saturated carbocycles. The minimum absolute atomic E-state index is 0.250. The van der Waals surface area contributed by atoms with Gasteiger partial charge in [0, 0.05) is 6.42 Å². The molecule has 12 atom stereocenters. The van der Waals surface area contributed by atoms with E-state index in [2.05, 4.69) is 92.1 Å². The number of aliphatic hydroxyl groups is 8. The van der Waals surface area contributed by atoms with E-state index in [9.17, 15) is 45.6 Å². The van der Waals surface area contributed by atoms with Crippen LogP contribution in [0.25, 0.3) is 0 Å². The maximum absolute atomic E-state index is 13.3. The van der Waals surface area contributed by atoms with Crippen molar-refractivity contribution in [1.29, 1.82) is 0 Å². The van der Waals surface area contributed by atoms with E-state index in [0.29, 0.717) is 12.8 Å². The minimum Gasteiger partial charge on any atom is -0.394 e. The summed E-state index contributed by atoms with van der Waals surface area (Å²) >= 11 is 0. The molecule has 0 aromatic rings. The van der Waals surface area contributed by atoms with Gasteiger partial charge in [-0.05, 0) is 83.5 Å². The van der Waals surface area contributed by atoms with Gasteiger partial charge in [-0.1, -0.05) is 304 Å². The van der Waals surface area contributed by atoms with E-state index in [1.165, 1.54) is 205 Å². The predicted molar refractivity (Wildman–Crippen MR) is 378 cm³/mol. The molecule has 0 aromatic heterocycles. The minimum atomic E-state index is -1.79. The van der Waals surface area contributed by atoms with Gasteiger partial charge in [-0.25, -0.2) is 0 Å². The zero-order valence-corrected chi connectivity index (χ0v) is 58.3. The molecule has 534 valence electrons. The second kappa shape index (κ2) is 61.7. The lowest BCUT2D eigenvalue weighted by atomic mass is 9.97. The van der Waals surface area contributed by atoms with Crippen molar-refractivity contribution in [2.75, 3.05) is 19.8 Å². The maximum Gasteiger partial charge on any atom is 0.220 e. The molecule has 2 heterocycles. The fourth-order valence-electron chi connectivity index (χ4n) is 12.1. The first-order valence-corrected chi connectivity index (χ1v) is 37.8. The van der Waals surface area contributed by atoms with E-state index in [0.717, 1.165) is 70.6 Å². The van der Waals surface area contributed by atoms with E-state index in [4.69, 9.17) is 18.9 Å². The Hall–Kier alpha value is -2.83. The lowest BCUT2D eigenvalue weighted by Crippen LogP contribution is -2.65. The van der Waals surface area contributed by atoms with E-state index >= 15 is 0 Å². The van der Waals surface area contributed by atoms with Gasteiger partial charge < -0.3 is 65.1 Å². The molecule has 92 heavy (non-hydrogen) atoms. The van der Waals surface area contributed by atoms with E-state index in [1.807, 2.05) is 6.08 Å². The van der Waals surface area contributed by atoms with Crippen molar-refractivity contribution in [2.45, 2.75) is 383 Å². The number of nitrogens with one attached hydrogen (secondary N) is 1. The lowest BCUT2D eigenvalue weighted by Gasteiger charge is -2.46. The second-order valence-electron chi connectivity index (χ2n) is 26.4. The standard InChI is InChI=1S/C78H139NO13/c1-3-5-7-9-11-13-15-17-19-21-23-24-25-26-27-28-29-30-31-32-33-34-35-36-37-38-39-40-41-42-44-46-48-50-52-54-56-58-60-62-70(83)79-66(67(82)61-59-57-55-53-51-49-47-45-43-22-20-18-16-14-12-10-8-6-4-2)65-89-77-75(88)73(86)76(69(64-81)91-77)92-78-74(87)72(85)71(84)68(63-80)90-78/h5,7,11,13,17,19,23-24,43,45,51,53,59,61,66-69,71-78,80-82,84-88H,3-4,6,8-10,12,14-16,18,20-22,25-42,44,46-50,52,54-58,60,62-65H2,1-2H3,(H,79,83)/b7-5-,13-11-,19-17-,24-23-,45-43+,53-51+,61-59+. The zero-order valence-electron chi connectivity index (χ0n) is 58.3. The van der Waals surface area contributed by atoms with Crippen LogP contribution >= 0.6 is 0 Å². The van der Waals surface area contributed by atoms with Crippen LogP contribution in [-0.4, -0.2) is 140 Å². The lowest BCUT2D eigenvalue weighted by molar-refractivity contribution is -0.359. The fourth-order valence-corrected chi connectivity index (χ4v) is 12.1. The molecular weight excluding hydrogens is 1160 g/mol. The van der Waals surface area contributed by atoms with Crippen LogP contribution in [0.5, 0.6) is 0 Å². The summed E-state index contributed by atoms with van der Waals surface area (Å²) in [7, 11) is 0. The number of unbranched alkanes of at least 4 members (excludes halogenated alkanes) is 37. The molecule has 0 spiro atoms. The Morgan fingerprint density at radius 3 is 1.20 bits per heavy atom. The van der Waals surface area contributed by atoms with Gasteiger partial charge in [-0.15, -0.1) is 0 Å². The number of amides is 1. The van der Waals surface area contributed by atoms with Crippen LogP contribution in [0.2, 0.25) is 0 Å². The molecule has 2 aliphatic heterocycles. The van der Waals surface area contributed by atoms with Gasteiger partial charge in [0.15, 0.2) is 12.6 Å². The van der Waals surface area contributed by atoms with Crippen molar-refractivity contribution in [3.63, 3.8) is 0 Å². The Kier molecular flexibility index (Phi) is 57.2. The molecule has 0 radical (unpaired) electrons. The average Bonchev–Trinajstić information content (AvgIpc) is 1.05. The van der Waals surface area contributed by atoms with Gasteiger partial charge in [-0.3, -0.25) is 4.79 Å². The van der Waals surface area contributed by atoms with Gasteiger partial charge in [0.1, 0.15) is 48.8 Å². The highest BCUT2D eigenvalue weighted by Crippen LogP contribution is 2.30. The Balaban J connectivity index is 1.59. The molecule has 0 bridgehead atoms. The van der Waals surface area contributed by atoms with Crippen LogP contribution in [0.3, 0.4) is 0 Å². The highest BCUT2D eigenvalue weighted by molar-refractivity contribution is 5.76. The van der Waals surface area contributed by atoms with Crippen molar-refractivity contribution in [3.8, 4) is 0 Å². The van der Waals surface area contributed by atoms with Gasteiger partial charge in [-0.2, -0.15) is 0 Å². The number of rotatable bonds is 62. The molecule has 14 heteroatoms. The Morgan fingerprint density at radius 1 is 0.402 bits per heavy atom. The molecule has 2 rings (SSSR count). The first-order valence-electron chi connectivity index (χ1n) is 37.8. The molecule has 14 nitrogen and oxygen atoms in total. The van der Waals surface area contributed by atoms with Gasteiger partial charge >= 0.3 is 0 Å². The van der Waals surface area contributed by atoms with Gasteiger partial charge in [0.25, 0.3) is 0 Å². The molecule has 2 aliphatic rings. The van der Waals surface area contributed by atoms with Gasteiger partial charge in [0.05, 0.1) is 32.0 Å². The van der Waals surface area contributed by atoms with Crippen molar-refractivity contribution >= 4 is 5.91 Å². The first kappa shape index (κ1) is 85.3. The van der Waals surface area contributed by atoms with Crippen LogP contribution in [0, 0.1) is 0 Å². The average molecular weight is 1300 g/mol. The second-order valence-corrected chi connectivity index (χ2v) is 26.4. The molecule has 0 aromatic carbocycles.